The summed E-state index contributed by atoms with van der Waals surface area (Å²) in [5, 5.41) is 9.22. The molecule has 4 heteroatoms. The molecule has 4 nitrogen and oxygen atoms in total. The lowest BCUT2D eigenvalue weighted by molar-refractivity contribution is -0.132. The van der Waals surface area contributed by atoms with Gasteiger partial charge in [0.05, 0.1) is 11.1 Å². The molecule has 0 fully saturated rings. The lowest BCUT2D eigenvalue weighted by Crippen LogP contribution is -2.43. The van der Waals surface area contributed by atoms with Gasteiger partial charge in [0.15, 0.2) is 5.78 Å². The van der Waals surface area contributed by atoms with E-state index in [0.717, 1.165) is 5.56 Å². The number of benzene rings is 1. The monoisotopic (exact) mass is 284 g/mol. The van der Waals surface area contributed by atoms with E-state index in [0.29, 0.717) is 16.9 Å². The van der Waals surface area contributed by atoms with Crippen LogP contribution in [0, 0.1) is 12.3 Å². The van der Waals surface area contributed by atoms with Crippen molar-refractivity contribution >= 4 is 11.8 Å². The highest BCUT2D eigenvalue weighted by Crippen LogP contribution is 2.42. The molecule has 0 bridgehead atoms. The van der Waals surface area contributed by atoms with Gasteiger partial charge in [0.25, 0.3) is 0 Å². The molecule has 2 aliphatic rings. The third kappa shape index (κ3) is 2.07. The standard InChI is InChI=1S/C17H16O4/c1-9-4-5-13-11(6-9)14(18)12-7-10(16(19)20)8-17(2,3)15(12)21-13/h4-8,15H,1-3H3,(H,19,20). The van der Waals surface area contributed by atoms with E-state index in [-0.39, 0.29) is 11.4 Å². The quantitative estimate of drug-likeness (QED) is 0.861. The second-order valence-corrected chi connectivity index (χ2v) is 6.15. The van der Waals surface area contributed by atoms with Gasteiger partial charge in [-0.3, -0.25) is 4.79 Å². The van der Waals surface area contributed by atoms with Gasteiger partial charge in [-0.2, -0.15) is 0 Å². The van der Waals surface area contributed by atoms with E-state index in [1.54, 1.807) is 18.2 Å². The van der Waals surface area contributed by atoms with E-state index in [4.69, 9.17) is 4.74 Å². The van der Waals surface area contributed by atoms with Gasteiger partial charge in [-0.15, -0.1) is 0 Å². The minimum absolute atomic E-state index is 0.138. The predicted octanol–water partition coefficient (Wildman–Crippen LogP) is 2.92. The second-order valence-electron chi connectivity index (χ2n) is 6.15. The molecule has 1 N–H and O–H groups in total. The zero-order valence-electron chi connectivity index (χ0n) is 12.1. The topological polar surface area (TPSA) is 63.6 Å². The number of aryl methyl sites for hydroxylation is 1. The minimum atomic E-state index is -1.03. The van der Waals surface area contributed by atoms with Crippen LogP contribution in [0.1, 0.15) is 29.8 Å². The van der Waals surface area contributed by atoms with E-state index < -0.39 is 17.5 Å². The molecular weight excluding hydrogens is 268 g/mol. The first-order valence-corrected chi connectivity index (χ1v) is 6.79. The van der Waals surface area contributed by atoms with Crippen molar-refractivity contribution in [2.24, 2.45) is 5.41 Å². The highest BCUT2D eigenvalue weighted by atomic mass is 16.5. The Kier molecular flexibility index (Phi) is 2.80. The molecule has 0 spiro atoms. The van der Waals surface area contributed by atoms with Crippen LogP contribution in [0.15, 0.2) is 41.5 Å². The summed E-state index contributed by atoms with van der Waals surface area (Å²) in [5.74, 6) is -0.616. The van der Waals surface area contributed by atoms with Crippen molar-refractivity contribution in [3.05, 3.63) is 52.6 Å². The summed E-state index contributed by atoms with van der Waals surface area (Å²) in [6.45, 7) is 5.65. The van der Waals surface area contributed by atoms with Crippen molar-refractivity contribution in [2.45, 2.75) is 26.9 Å². The van der Waals surface area contributed by atoms with Crippen LogP contribution in [-0.2, 0) is 4.79 Å². The molecule has 1 aromatic rings. The Hall–Kier alpha value is -2.36. The van der Waals surface area contributed by atoms with Crippen LogP contribution in [0.4, 0.5) is 0 Å². The lowest BCUT2D eigenvalue weighted by atomic mass is 9.73. The molecule has 1 aromatic carbocycles. The molecular formula is C17H16O4. The maximum atomic E-state index is 12.7. The number of carbonyl (C=O) groups excluding carboxylic acids is 1. The smallest absolute Gasteiger partial charge is 0.335 e. The number of Topliss-reactive ketones (excluding diaryl/α,β-unsaturated/α-hetero) is 1. The van der Waals surface area contributed by atoms with E-state index in [9.17, 15) is 14.7 Å². The van der Waals surface area contributed by atoms with Crippen molar-refractivity contribution < 1.29 is 19.4 Å². The third-order valence-corrected chi connectivity index (χ3v) is 3.93. The van der Waals surface area contributed by atoms with Crippen LogP contribution in [-0.4, -0.2) is 23.0 Å². The van der Waals surface area contributed by atoms with E-state index in [1.807, 2.05) is 26.8 Å². The SMILES string of the molecule is Cc1ccc2c(c1)C(=O)C1=CC(C(=O)O)=CC(C)(C)C1O2. The Morgan fingerprint density at radius 2 is 2.05 bits per heavy atom. The number of ketones is 1. The number of carbonyl (C=O) groups is 2. The minimum Gasteiger partial charge on any atom is -0.484 e. The second kappa shape index (κ2) is 4.32. The van der Waals surface area contributed by atoms with Gasteiger partial charge in [0, 0.05) is 11.0 Å². The molecule has 0 saturated carbocycles. The molecule has 1 unspecified atom stereocenters. The molecule has 0 saturated heterocycles. The number of hydrogen-bond acceptors (Lipinski definition) is 3. The van der Waals surface area contributed by atoms with Crippen molar-refractivity contribution in [3.63, 3.8) is 0 Å². The van der Waals surface area contributed by atoms with Gasteiger partial charge < -0.3 is 9.84 Å². The predicted molar refractivity (Wildman–Crippen MR) is 77.5 cm³/mol. The average Bonchev–Trinajstić information content (AvgIpc) is 2.40. The number of ether oxygens (including phenoxy) is 1. The van der Waals surface area contributed by atoms with Crippen molar-refractivity contribution in [3.8, 4) is 5.75 Å². The van der Waals surface area contributed by atoms with E-state index in [1.165, 1.54) is 6.08 Å². The molecule has 3 rings (SSSR count). The summed E-state index contributed by atoms with van der Waals surface area (Å²) in [6.07, 6.45) is 2.63. The number of aliphatic carboxylic acids is 1. The molecule has 1 aliphatic carbocycles. The van der Waals surface area contributed by atoms with Gasteiger partial charge in [-0.05, 0) is 25.1 Å². The Bertz CT molecular complexity index is 722. The van der Waals surface area contributed by atoms with Gasteiger partial charge >= 0.3 is 5.97 Å². The lowest BCUT2D eigenvalue weighted by Gasteiger charge is -2.39. The Balaban J connectivity index is 2.17. The maximum Gasteiger partial charge on any atom is 0.335 e. The van der Waals surface area contributed by atoms with Crippen LogP contribution in [0.2, 0.25) is 0 Å². The molecule has 0 aromatic heterocycles. The number of hydrogen-bond donors (Lipinski definition) is 1. The molecule has 108 valence electrons. The normalized spacial score (nSPS) is 22.4. The van der Waals surface area contributed by atoms with Gasteiger partial charge in [-0.25, -0.2) is 4.79 Å². The average molecular weight is 284 g/mol. The van der Waals surface area contributed by atoms with Crippen LogP contribution in [0.25, 0.3) is 0 Å². The van der Waals surface area contributed by atoms with Crippen LogP contribution in [0.3, 0.4) is 0 Å². The van der Waals surface area contributed by atoms with Crippen LogP contribution < -0.4 is 4.74 Å². The van der Waals surface area contributed by atoms with Crippen LogP contribution >= 0.6 is 0 Å². The highest BCUT2D eigenvalue weighted by molar-refractivity contribution is 6.13. The largest absolute Gasteiger partial charge is 0.484 e. The summed E-state index contributed by atoms with van der Waals surface area (Å²) in [6, 6.07) is 5.47. The number of carboxylic acids is 1. The Morgan fingerprint density at radius 3 is 2.71 bits per heavy atom. The summed E-state index contributed by atoms with van der Waals surface area (Å²) in [5.41, 5.74) is 1.46. The molecule has 1 atom stereocenters. The number of fused-ring (bicyclic) bond motifs is 2. The first-order chi connectivity index (χ1) is 9.79. The zero-order chi connectivity index (χ0) is 15.4. The molecule has 0 amide bonds. The summed E-state index contributed by atoms with van der Waals surface area (Å²) in [4.78, 5) is 23.9. The molecule has 0 radical (unpaired) electrons. The highest BCUT2D eigenvalue weighted by Gasteiger charge is 2.43. The Labute approximate surface area is 122 Å². The fourth-order valence-electron chi connectivity index (χ4n) is 2.89. The maximum absolute atomic E-state index is 12.7. The van der Waals surface area contributed by atoms with Crippen molar-refractivity contribution in [1.82, 2.24) is 0 Å². The fourth-order valence-corrected chi connectivity index (χ4v) is 2.89. The molecule has 1 aliphatic heterocycles. The van der Waals surface area contributed by atoms with Gasteiger partial charge in [0.2, 0.25) is 0 Å². The number of rotatable bonds is 1. The van der Waals surface area contributed by atoms with Gasteiger partial charge in [0.1, 0.15) is 11.9 Å². The summed E-state index contributed by atoms with van der Waals surface area (Å²) in [7, 11) is 0. The first-order valence-electron chi connectivity index (χ1n) is 6.79. The number of carboxylic acid groups (broad SMARTS) is 1. The Morgan fingerprint density at radius 1 is 1.33 bits per heavy atom. The third-order valence-electron chi connectivity index (χ3n) is 3.93. The molecule has 1 heterocycles. The first kappa shape index (κ1) is 13.6. The summed E-state index contributed by atoms with van der Waals surface area (Å²) < 4.78 is 5.98. The zero-order valence-corrected chi connectivity index (χ0v) is 12.1. The van der Waals surface area contributed by atoms with Crippen LogP contribution in [0.5, 0.6) is 5.75 Å². The molecule has 21 heavy (non-hydrogen) atoms. The van der Waals surface area contributed by atoms with Crippen molar-refractivity contribution in [2.75, 3.05) is 0 Å². The summed E-state index contributed by atoms with van der Waals surface area (Å²) >= 11 is 0. The van der Waals surface area contributed by atoms with Crippen molar-refractivity contribution in [1.29, 1.82) is 0 Å². The fraction of sp³-hybridized carbons (Fsp3) is 0.294. The van der Waals surface area contributed by atoms with Gasteiger partial charge in [-0.1, -0.05) is 31.6 Å². The van der Waals surface area contributed by atoms with E-state index >= 15 is 0 Å². The van der Waals surface area contributed by atoms with E-state index in [2.05, 4.69) is 0 Å².